The molecule has 0 spiro atoms. The van der Waals surface area contributed by atoms with E-state index in [0.29, 0.717) is 12.4 Å². The predicted octanol–water partition coefficient (Wildman–Crippen LogP) is 3.88. The van der Waals surface area contributed by atoms with Gasteiger partial charge in [0.1, 0.15) is 23.7 Å². The van der Waals surface area contributed by atoms with Crippen LogP contribution in [0, 0.1) is 6.92 Å². The van der Waals surface area contributed by atoms with Gasteiger partial charge in [-0.05, 0) is 42.3 Å². The molecule has 2 N–H and O–H groups in total. The Bertz CT molecular complexity index is 962. The number of benzene rings is 2. The van der Waals surface area contributed by atoms with Crippen LogP contribution in [0.2, 0.25) is 0 Å². The molecule has 4 rings (SSSR count). The molecule has 2 heterocycles. The lowest BCUT2D eigenvalue weighted by Crippen LogP contribution is -2.03. The maximum absolute atomic E-state index is 5.41. The number of anilines is 3. The van der Waals surface area contributed by atoms with Gasteiger partial charge in [-0.3, -0.25) is 0 Å². The summed E-state index contributed by atoms with van der Waals surface area (Å²) in [5, 5.41) is 6.58. The first-order chi connectivity index (χ1) is 13.2. The van der Waals surface area contributed by atoms with Crippen molar-refractivity contribution in [2.75, 3.05) is 24.5 Å². The number of ether oxygens (including phenoxy) is 3. The largest absolute Gasteiger partial charge is 0.495 e. The molecule has 0 radical (unpaired) electrons. The molecule has 1 aromatic heterocycles. The van der Waals surface area contributed by atoms with Gasteiger partial charge in [0.25, 0.3) is 0 Å². The van der Waals surface area contributed by atoms with E-state index in [2.05, 4.69) is 20.6 Å². The number of hydrogen-bond donors (Lipinski definition) is 2. The lowest BCUT2D eigenvalue weighted by Gasteiger charge is -2.12. The molecule has 0 atom stereocenters. The Balaban J connectivity index is 1.46. The molecule has 0 amide bonds. The van der Waals surface area contributed by atoms with E-state index in [-0.39, 0.29) is 6.79 Å². The van der Waals surface area contributed by atoms with Gasteiger partial charge < -0.3 is 24.8 Å². The molecular weight excluding hydrogens is 344 g/mol. The third-order valence-corrected chi connectivity index (χ3v) is 4.20. The smallest absolute Gasteiger partial charge is 0.231 e. The third kappa shape index (κ3) is 3.87. The minimum atomic E-state index is 0.273. The number of nitrogens with zero attached hydrogens (tertiary/aromatic N) is 2. The zero-order valence-corrected chi connectivity index (χ0v) is 15.2. The lowest BCUT2D eigenvalue weighted by atomic mass is 10.2. The van der Waals surface area contributed by atoms with Gasteiger partial charge in [-0.1, -0.05) is 12.1 Å². The fourth-order valence-electron chi connectivity index (χ4n) is 2.82. The fourth-order valence-corrected chi connectivity index (χ4v) is 2.82. The lowest BCUT2D eigenvalue weighted by molar-refractivity contribution is 0.174. The van der Waals surface area contributed by atoms with Crippen LogP contribution in [-0.4, -0.2) is 23.9 Å². The van der Waals surface area contributed by atoms with Crippen molar-refractivity contribution in [3.05, 3.63) is 59.9 Å². The van der Waals surface area contributed by atoms with Gasteiger partial charge in [0.05, 0.1) is 12.8 Å². The molecule has 3 aromatic rings. The Labute approximate surface area is 157 Å². The molecule has 0 bridgehead atoms. The average molecular weight is 364 g/mol. The summed E-state index contributed by atoms with van der Waals surface area (Å²) in [4.78, 5) is 8.57. The van der Waals surface area contributed by atoms with Crippen molar-refractivity contribution in [3.8, 4) is 17.2 Å². The average Bonchev–Trinajstić information content (AvgIpc) is 3.15. The minimum absolute atomic E-state index is 0.273. The first kappa shape index (κ1) is 17.0. The molecule has 0 saturated heterocycles. The van der Waals surface area contributed by atoms with Gasteiger partial charge in [-0.25, -0.2) is 9.97 Å². The topological polar surface area (TPSA) is 77.5 Å². The van der Waals surface area contributed by atoms with E-state index in [4.69, 9.17) is 14.2 Å². The molecule has 27 heavy (non-hydrogen) atoms. The maximum Gasteiger partial charge on any atom is 0.231 e. The standard InChI is InChI=1S/C20H20N4O3/c1-13-3-5-16(25-2)15(7-13)24-20-9-19(22-11-23-20)21-10-14-4-6-17-18(8-14)27-12-26-17/h3-9,11H,10,12H2,1-2H3,(H2,21,22,23,24). The minimum Gasteiger partial charge on any atom is -0.495 e. The second-order valence-electron chi connectivity index (χ2n) is 6.16. The summed E-state index contributed by atoms with van der Waals surface area (Å²) >= 11 is 0. The van der Waals surface area contributed by atoms with Crippen LogP contribution in [0.5, 0.6) is 17.2 Å². The predicted molar refractivity (Wildman–Crippen MR) is 103 cm³/mol. The summed E-state index contributed by atoms with van der Waals surface area (Å²) < 4.78 is 16.1. The second kappa shape index (κ2) is 7.41. The zero-order chi connectivity index (χ0) is 18.6. The highest BCUT2D eigenvalue weighted by atomic mass is 16.7. The highest BCUT2D eigenvalue weighted by Crippen LogP contribution is 2.33. The van der Waals surface area contributed by atoms with Crippen LogP contribution >= 0.6 is 0 Å². The van der Waals surface area contributed by atoms with Gasteiger partial charge in [-0.2, -0.15) is 0 Å². The van der Waals surface area contributed by atoms with Crippen LogP contribution in [0.25, 0.3) is 0 Å². The summed E-state index contributed by atoms with van der Waals surface area (Å²) in [6.07, 6.45) is 1.52. The fraction of sp³-hybridized carbons (Fsp3) is 0.200. The molecule has 7 heteroatoms. The van der Waals surface area contributed by atoms with Crippen LogP contribution in [0.4, 0.5) is 17.3 Å². The van der Waals surface area contributed by atoms with E-state index < -0.39 is 0 Å². The number of fused-ring (bicyclic) bond motifs is 1. The SMILES string of the molecule is COc1ccc(C)cc1Nc1cc(NCc2ccc3c(c2)OCO3)ncn1. The quantitative estimate of drug-likeness (QED) is 0.687. The Kier molecular flexibility index (Phi) is 4.65. The van der Waals surface area contributed by atoms with Crippen molar-refractivity contribution >= 4 is 17.3 Å². The molecule has 2 aromatic carbocycles. The van der Waals surface area contributed by atoms with Crippen molar-refractivity contribution in [1.82, 2.24) is 9.97 Å². The molecule has 0 aliphatic carbocycles. The third-order valence-electron chi connectivity index (χ3n) is 4.20. The van der Waals surface area contributed by atoms with Gasteiger partial charge >= 0.3 is 0 Å². The number of aromatic nitrogens is 2. The normalized spacial score (nSPS) is 11.9. The Morgan fingerprint density at radius 1 is 1.00 bits per heavy atom. The van der Waals surface area contributed by atoms with Crippen molar-refractivity contribution in [2.24, 2.45) is 0 Å². The highest BCUT2D eigenvalue weighted by Gasteiger charge is 2.13. The second-order valence-corrected chi connectivity index (χ2v) is 6.16. The summed E-state index contributed by atoms with van der Waals surface area (Å²) in [6, 6.07) is 13.7. The number of methoxy groups -OCH3 is 1. The molecular formula is C20H20N4O3. The van der Waals surface area contributed by atoms with Crippen molar-refractivity contribution < 1.29 is 14.2 Å². The van der Waals surface area contributed by atoms with Gasteiger partial charge in [0, 0.05) is 12.6 Å². The van der Waals surface area contributed by atoms with Crippen molar-refractivity contribution in [1.29, 1.82) is 0 Å². The maximum atomic E-state index is 5.41. The number of hydrogen-bond acceptors (Lipinski definition) is 7. The van der Waals surface area contributed by atoms with Gasteiger partial charge in [0.15, 0.2) is 11.5 Å². The van der Waals surface area contributed by atoms with Crippen LogP contribution in [0.15, 0.2) is 48.8 Å². The number of rotatable bonds is 6. The van der Waals surface area contributed by atoms with E-state index in [9.17, 15) is 0 Å². The summed E-state index contributed by atoms with van der Waals surface area (Å²) in [5.74, 6) is 3.71. The molecule has 0 fully saturated rings. The Morgan fingerprint density at radius 3 is 2.74 bits per heavy atom. The van der Waals surface area contributed by atoms with E-state index in [1.165, 1.54) is 6.33 Å². The Hall–Kier alpha value is -3.48. The van der Waals surface area contributed by atoms with Crippen LogP contribution < -0.4 is 24.8 Å². The number of nitrogens with one attached hydrogen (secondary N) is 2. The molecule has 0 saturated carbocycles. The van der Waals surface area contributed by atoms with E-state index in [1.54, 1.807) is 7.11 Å². The Morgan fingerprint density at radius 2 is 1.85 bits per heavy atom. The zero-order valence-electron chi connectivity index (χ0n) is 15.2. The van der Waals surface area contributed by atoms with E-state index in [0.717, 1.165) is 39.9 Å². The first-order valence-electron chi connectivity index (χ1n) is 8.57. The van der Waals surface area contributed by atoms with Gasteiger partial charge in [0.2, 0.25) is 6.79 Å². The van der Waals surface area contributed by atoms with Crippen LogP contribution in [0.1, 0.15) is 11.1 Å². The number of aryl methyl sites for hydroxylation is 1. The van der Waals surface area contributed by atoms with E-state index in [1.807, 2.05) is 49.4 Å². The molecule has 1 aliphatic rings. The molecule has 138 valence electrons. The van der Waals surface area contributed by atoms with Gasteiger partial charge in [-0.15, -0.1) is 0 Å². The first-order valence-corrected chi connectivity index (χ1v) is 8.57. The molecule has 1 aliphatic heterocycles. The summed E-state index contributed by atoms with van der Waals surface area (Å²) in [6.45, 7) is 2.92. The molecule has 0 unspecified atom stereocenters. The monoisotopic (exact) mass is 364 g/mol. The van der Waals surface area contributed by atoms with E-state index >= 15 is 0 Å². The van der Waals surface area contributed by atoms with Crippen LogP contribution in [0.3, 0.4) is 0 Å². The van der Waals surface area contributed by atoms with Crippen molar-refractivity contribution in [2.45, 2.75) is 13.5 Å². The molecule has 7 nitrogen and oxygen atoms in total. The summed E-state index contributed by atoms with van der Waals surface area (Å²) in [7, 11) is 1.65. The van der Waals surface area contributed by atoms with Crippen LogP contribution in [-0.2, 0) is 6.54 Å². The highest BCUT2D eigenvalue weighted by molar-refractivity contribution is 5.66. The summed E-state index contributed by atoms with van der Waals surface area (Å²) in [5.41, 5.74) is 3.07. The van der Waals surface area contributed by atoms with Crippen molar-refractivity contribution in [3.63, 3.8) is 0 Å².